The van der Waals surface area contributed by atoms with E-state index in [1.54, 1.807) is 6.07 Å². The fourth-order valence-corrected chi connectivity index (χ4v) is 10.00. The van der Waals surface area contributed by atoms with Crippen molar-refractivity contribution in [1.82, 2.24) is 10.2 Å². The zero-order chi connectivity index (χ0) is 64.7. The van der Waals surface area contributed by atoms with Crippen LogP contribution >= 0.6 is 0 Å². The zero-order valence-electron chi connectivity index (χ0n) is 57.1. The van der Waals surface area contributed by atoms with Gasteiger partial charge in [-0.15, -0.1) is 6.42 Å². The summed E-state index contributed by atoms with van der Waals surface area (Å²) in [7, 11) is 0. The first-order valence-electron chi connectivity index (χ1n) is 32.6. The Kier molecular flexibility index (Phi) is 33.3. The van der Waals surface area contributed by atoms with Crippen molar-refractivity contribution in [3.8, 4) is 23.8 Å². The number of halogens is 1. The fraction of sp³-hybridized carbons (Fsp3) is 0.573. The molecule has 486 valence electrons. The van der Waals surface area contributed by atoms with Crippen molar-refractivity contribution >= 4 is 11.4 Å². The molecule has 13 heteroatoms. The Labute approximate surface area is 531 Å². The summed E-state index contributed by atoms with van der Waals surface area (Å²) in [6.45, 7) is 45.1. The number of nitrogens with zero attached hydrogens (tertiary/aromatic N) is 4. The fourth-order valence-electron chi connectivity index (χ4n) is 10.00. The van der Waals surface area contributed by atoms with Crippen LogP contribution in [0.25, 0.3) is 0 Å². The van der Waals surface area contributed by atoms with Gasteiger partial charge in [0.25, 0.3) is 0 Å². The second-order valence-corrected chi connectivity index (χ2v) is 26.4. The quantitative estimate of drug-likeness (QED) is 0.104. The van der Waals surface area contributed by atoms with Crippen LogP contribution in [0.3, 0.4) is 0 Å². The SMILES string of the molecule is C#Cc1ccc(COC(C)C)cc1.CC(C)(C)N1CCCC1.CC(C)(C)OCCC1CCNCC1.CC(C)N1CCCc2ccccc21.CC(C)OCC1OCc2ccccc2O1.CC(C)Oc1ccc2c(c1)=NCN=2.Cc1cccc(F)c1NC(C)C. The van der Waals surface area contributed by atoms with E-state index in [2.05, 4.69) is 116 Å². The first-order valence-corrected chi connectivity index (χ1v) is 32.6. The average molecular weight is 1210 g/mol. The van der Waals surface area contributed by atoms with Gasteiger partial charge in [0.05, 0.1) is 53.5 Å². The smallest absolute Gasteiger partial charge is 0.223 e. The van der Waals surface area contributed by atoms with Crippen molar-refractivity contribution in [2.45, 2.75) is 224 Å². The van der Waals surface area contributed by atoms with Crippen LogP contribution in [0, 0.1) is 31.0 Å². The van der Waals surface area contributed by atoms with Gasteiger partial charge in [0, 0.05) is 53.7 Å². The summed E-state index contributed by atoms with van der Waals surface area (Å²) in [6.07, 6.45) is 14.9. The number of fused-ring (bicyclic) bond motifs is 3. The molecule has 0 aliphatic carbocycles. The maximum absolute atomic E-state index is 13.1. The van der Waals surface area contributed by atoms with Crippen LogP contribution in [-0.2, 0) is 38.6 Å². The third-order valence-electron chi connectivity index (χ3n) is 14.7. The van der Waals surface area contributed by atoms with Crippen LogP contribution in [0.1, 0.15) is 177 Å². The number of para-hydroxylation sites is 3. The van der Waals surface area contributed by atoms with Gasteiger partial charge in [0.1, 0.15) is 30.6 Å². The lowest BCUT2D eigenvalue weighted by Crippen LogP contribution is -2.38. The number of benzene rings is 5. The summed E-state index contributed by atoms with van der Waals surface area (Å²) in [5.74, 6) is 5.07. The summed E-state index contributed by atoms with van der Waals surface area (Å²) in [6, 6.07) is 36.3. The maximum Gasteiger partial charge on any atom is 0.223 e. The molecule has 0 bridgehead atoms. The lowest BCUT2D eigenvalue weighted by atomic mass is 9.95. The highest BCUT2D eigenvalue weighted by molar-refractivity contribution is 5.56. The number of likely N-dealkylation sites (tertiary alicyclic amines) is 1. The summed E-state index contributed by atoms with van der Waals surface area (Å²) >= 11 is 0. The van der Waals surface area contributed by atoms with Gasteiger partial charge in [-0.1, -0.05) is 66.6 Å². The molecule has 1 unspecified atom stereocenters. The Hall–Kier alpha value is -5.85. The summed E-state index contributed by atoms with van der Waals surface area (Å²) in [5.41, 5.74) is 8.14. The second-order valence-electron chi connectivity index (χ2n) is 26.4. The van der Waals surface area contributed by atoms with Crippen molar-refractivity contribution in [3.05, 3.63) is 154 Å². The molecule has 12 nitrogen and oxygen atoms in total. The Bertz CT molecular complexity index is 2880. The van der Waals surface area contributed by atoms with Gasteiger partial charge in [-0.2, -0.15) is 0 Å². The lowest BCUT2D eigenvalue weighted by molar-refractivity contribution is -0.150. The standard InChI is InChI=1S/C12H17N.C12H16O3.C12H14O.C11H23NO.C10H14FN.C10H12N2O.C8H17N/c1-10(2)13-9-5-7-11-6-3-4-8-12(11)13;1-9(2)13-8-12-14-7-10-5-3-4-6-11(10)15-12;1-4-11-5-7-12(8-6-11)9-13-10(2)3;1-11(2,3)13-9-6-10-4-7-12-8-5-10;1-7(2)12-10-8(3)5-4-6-9(10)11;1-7(2)13-8-3-4-9-10(5-8)12-6-11-9;1-8(2,3)9-6-4-5-7-9/h3-4,6,8,10H,5,7,9H2,1-2H3;3-6,9,12H,7-8H2,1-2H3;1,5-8,10H,9H2,2-3H3;10,12H,4-9H2,1-3H3;4-7,12H,1-3H3;3-5,7H,6H2,1-2H3;4-7H2,1-3H3. The molecular weight excluding hydrogens is 1100 g/mol. The molecule has 5 aromatic rings. The van der Waals surface area contributed by atoms with E-state index in [1.807, 2.05) is 135 Å². The molecular formula is C75H113FN6O6. The first kappa shape index (κ1) is 74.6. The van der Waals surface area contributed by atoms with Crippen LogP contribution in [0.4, 0.5) is 15.8 Å². The molecule has 5 aromatic carbocycles. The number of piperidine rings is 1. The molecule has 0 spiro atoms. The van der Waals surface area contributed by atoms with Gasteiger partial charge in [-0.25, -0.2) is 4.39 Å². The molecule has 2 saturated heterocycles. The van der Waals surface area contributed by atoms with Gasteiger partial charge < -0.3 is 44.0 Å². The monoisotopic (exact) mass is 1210 g/mol. The molecule has 5 aliphatic rings. The number of nitrogens with one attached hydrogen (secondary N) is 2. The maximum atomic E-state index is 13.1. The molecule has 10 rings (SSSR count). The summed E-state index contributed by atoms with van der Waals surface area (Å²) < 4.78 is 46.4. The molecule has 5 heterocycles. The van der Waals surface area contributed by atoms with Crippen LogP contribution in [0.5, 0.6) is 11.5 Å². The lowest BCUT2D eigenvalue weighted by Gasteiger charge is -2.34. The normalized spacial score (nSPS) is 16.0. The number of rotatable bonds is 14. The molecule has 2 fully saturated rings. The Morgan fingerprint density at radius 3 is 1.97 bits per heavy atom. The Balaban J connectivity index is 0.000000220. The highest BCUT2D eigenvalue weighted by atomic mass is 19.1. The van der Waals surface area contributed by atoms with E-state index < -0.39 is 0 Å². The predicted molar refractivity (Wildman–Crippen MR) is 364 cm³/mol. The average Bonchev–Trinajstić information content (AvgIpc) is 2.10. The molecule has 5 aliphatic heterocycles. The third kappa shape index (κ3) is 29.6. The number of hydrogen-bond acceptors (Lipinski definition) is 12. The Morgan fingerprint density at radius 2 is 1.38 bits per heavy atom. The van der Waals surface area contributed by atoms with E-state index in [9.17, 15) is 4.39 Å². The summed E-state index contributed by atoms with van der Waals surface area (Å²) in [5, 5.41) is 8.36. The second kappa shape index (κ2) is 39.3. The van der Waals surface area contributed by atoms with Crippen LogP contribution in [-0.4, -0.2) is 105 Å². The van der Waals surface area contributed by atoms with E-state index in [1.165, 1.54) is 95.0 Å². The van der Waals surface area contributed by atoms with E-state index in [4.69, 9.17) is 34.8 Å². The number of anilines is 2. The number of ether oxygens (including phenoxy) is 6. The van der Waals surface area contributed by atoms with Gasteiger partial charge in [0.15, 0.2) is 0 Å². The van der Waals surface area contributed by atoms with Gasteiger partial charge in [-0.3, -0.25) is 14.9 Å². The van der Waals surface area contributed by atoms with Gasteiger partial charge in [0.2, 0.25) is 6.29 Å². The van der Waals surface area contributed by atoms with Crippen LogP contribution in [0.2, 0.25) is 0 Å². The molecule has 2 N–H and O–H groups in total. The van der Waals surface area contributed by atoms with Crippen LogP contribution in [0.15, 0.2) is 119 Å². The Morgan fingerprint density at radius 1 is 0.727 bits per heavy atom. The van der Waals surface area contributed by atoms with Crippen molar-refractivity contribution in [3.63, 3.8) is 0 Å². The molecule has 0 amide bonds. The topological polar surface area (TPSA) is 111 Å². The van der Waals surface area contributed by atoms with E-state index in [0.717, 1.165) is 57.0 Å². The highest BCUT2D eigenvalue weighted by Gasteiger charge is 2.24. The van der Waals surface area contributed by atoms with E-state index in [0.29, 0.717) is 43.8 Å². The number of hydrogen-bond donors (Lipinski definition) is 2. The van der Waals surface area contributed by atoms with Gasteiger partial charge >= 0.3 is 0 Å². The summed E-state index contributed by atoms with van der Waals surface area (Å²) in [4.78, 5) is 13.5. The van der Waals surface area contributed by atoms with Crippen molar-refractivity contribution in [2.24, 2.45) is 15.9 Å². The van der Waals surface area contributed by atoms with Crippen LogP contribution < -0.4 is 35.7 Å². The van der Waals surface area contributed by atoms with Crippen molar-refractivity contribution in [1.29, 1.82) is 0 Å². The molecule has 1 atom stereocenters. The minimum atomic E-state index is -0.276. The highest BCUT2D eigenvalue weighted by Crippen LogP contribution is 2.29. The minimum absolute atomic E-state index is 0.0346. The van der Waals surface area contributed by atoms with Crippen molar-refractivity contribution in [2.75, 3.05) is 62.8 Å². The first-order chi connectivity index (χ1) is 41.8. The number of aryl methyl sites for hydroxylation is 2. The predicted octanol–water partition coefficient (Wildman–Crippen LogP) is 15.5. The zero-order valence-corrected chi connectivity index (χ0v) is 57.1. The molecule has 0 radical (unpaired) electrons. The number of terminal acetylenes is 1. The van der Waals surface area contributed by atoms with Gasteiger partial charge in [-0.05, 0) is 254 Å². The minimum Gasteiger partial charge on any atom is -0.491 e. The molecule has 88 heavy (non-hydrogen) atoms. The van der Waals surface area contributed by atoms with Crippen molar-refractivity contribution < 1.29 is 32.8 Å². The molecule has 0 aromatic heterocycles. The molecule has 0 saturated carbocycles. The van der Waals surface area contributed by atoms with E-state index in [-0.39, 0.29) is 42.1 Å². The third-order valence-corrected chi connectivity index (χ3v) is 14.7. The van der Waals surface area contributed by atoms with E-state index >= 15 is 0 Å². The largest absolute Gasteiger partial charge is 0.491 e.